The van der Waals surface area contributed by atoms with Gasteiger partial charge in [0.2, 0.25) is 0 Å². The number of hydrogen-bond acceptors (Lipinski definition) is 4. The largest absolute Gasteiger partial charge is 0.390 e. The van der Waals surface area contributed by atoms with Crippen molar-refractivity contribution in [3.8, 4) is 0 Å². The van der Waals surface area contributed by atoms with E-state index in [0.717, 1.165) is 6.34 Å². The molecular weight excluding hydrogens is 222 g/mol. The van der Waals surface area contributed by atoms with Crippen LogP contribution in [0.3, 0.4) is 0 Å². The zero-order valence-electron chi connectivity index (χ0n) is 9.14. The van der Waals surface area contributed by atoms with Crippen molar-refractivity contribution in [1.82, 2.24) is 9.88 Å². The van der Waals surface area contributed by atoms with Crippen LogP contribution in [-0.2, 0) is 6.54 Å². The summed E-state index contributed by atoms with van der Waals surface area (Å²) < 4.78 is 1.45. The van der Waals surface area contributed by atoms with Gasteiger partial charge in [0, 0.05) is 13.1 Å². The summed E-state index contributed by atoms with van der Waals surface area (Å²) in [6.45, 7) is 1.18. The lowest BCUT2D eigenvalue weighted by Gasteiger charge is -2.19. The third kappa shape index (κ3) is 2.12. The van der Waals surface area contributed by atoms with Crippen molar-refractivity contribution in [2.75, 3.05) is 18.5 Å². The van der Waals surface area contributed by atoms with E-state index in [1.54, 1.807) is 12.1 Å². The Morgan fingerprint density at radius 3 is 3.12 bits per heavy atom. The van der Waals surface area contributed by atoms with Gasteiger partial charge < -0.3 is 20.9 Å². The van der Waals surface area contributed by atoms with E-state index in [1.165, 1.54) is 4.57 Å². The molecular formula is C10H13N5O2. The van der Waals surface area contributed by atoms with Crippen LogP contribution in [0.15, 0.2) is 21.9 Å². The van der Waals surface area contributed by atoms with Crippen LogP contribution in [0.1, 0.15) is 10.5 Å². The second kappa shape index (κ2) is 4.69. The standard InChI is InChI=1S/C10H13N5O2/c11-5-12-6-14-7-1-2-8-9(16)13-3-4-15(8)10(7)17/h1-2,5,14H,3-4,6H2,(H2,11,12)(H,13,16). The highest BCUT2D eigenvalue weighted by atomic mass is 16.2. The van der Waals surface area contributed by atoms with E-state index in [0.29, 0.717) is 24.5 Å². The van der Waals surface area contributed by atoms with Gasteiger partial charge in [0.05, 0.1) is 6.34 Å². The number of rotatable bonds is 3. The van der Waals surface area contributed by atoms with Gasteiger partial charge in [0.25, 0.3) is 11.5 Å². The monoisotopic (exact) mass is 235 g/mol. The maximum absolute atomic E-state index is 12.0. The first-order valence-electron chi connectivity index (χ1n) is 5.20. The molecule has 1 aliphatic rings. The van der Waals surface area contributed by atoms with Crippen molar-refractivity contribution >= 4 is 17.9 Å². The van der Waals surface area contributed by atoms with E-state index in [-0.39, 0.29) is 18.1 Å². The first-order valence-corrected chi connectivity index (χ1v) is 5.20. The van der Waals surface area contributed by atoms with Crippen LogP contribution in [0.25, 0.3) is 0 Å². The van der Waals surface area contributed by atoms with Gasteiger partial charge in [-0.2, -0.15) is 0 Å². The maximum Gasteiger partial charge on any atom is 0.274 e. The van der Waals surface area contributed by atoms with Gasteiger partial charge in [-0.1, -0.05) is 0 Å². The van der Waals surface area contributed by atoms with Crippen molar-refractivity contribution in [2.24, 2.45) is 10.7 Å². The molecule has 90 valence electrons. The Morgan fingerprint density at radius 1 is 1.53 bits per heavy atom. The normalized spacial score (nSPS) is 14.5. The highest BCUT2D eigenvalue weighted by Crippen LogP contribution is 2.06. The van der Waals surface area contributed by atoms with Crippen molar-refractivity contribution in [2.45, 2.75) is 6.54 Å². The van der Waals surface area contributed by atoms with Crippen LogP contribution < -0.4 is 21.9 Å². The lowest BCUT2D eigenvalue weighted by molar-refractivity contribution is 0.0925. The molecule has 7 nitrogen and oxygen atoms in total. The Balaban J connectivity index is 2.32. The van der Waals surface area contributed by atoms with E-state index >= 15 is 0 Å². The molecule has 2 rings (SSSR count). The molecule has 4 N–H and O–H groups in total. The van der Waals surface area contributed by atoms with Crippen LogP contribution in [0.2, 0.25) is 0 Å². The molecule has 1 aliphatic heterocycles. The van der Waals surface area contributed by atoms with E-state index in [1.807, 2.05) is 0 Å². The number of anilines is 1. The predicted molar refractivity (Wildman–Crippen MR) is 64.2 cm³/mol. The van der Waals surface area contributed by atoms with E-state index in [4.69, 9.17) is 5.73 Å². The quantitative estimate of drug-likeness (QED) is 0.459. The molecule has 1 aromatic heterocycles. The molecule has 0 atom stereocenters. The topological polar surface area (TPSA) is 102 Å². The van der Waals surface area contributed by atoms with E-state index in [2.05, 4.69) is 15.6 Å². The first-order chi connectivity index (χ1) is 8.24. The second-order valence-corrected chi connectivity index (χ2v) is 3.51. The first kappa shape index (κ1) is 11.2. The smallest absolute Gasteiger partial charge is 0.274 e. The van der Waals surface area contributed by atoms with Crippen LogP contribution in [-0.4, -0.2) is 30.0 Å². The van der Waals surface area contributed by atoms with Crippen molar-refractivity contribution in [3.05, 3.63) is 28.2 Å². The Hall–Kier alpha value is -2.31. The number of hydrogen-bond donors (Lipinski definition) is 3. The van der Waals surface area contributed by atoms with E-state index in [9.17, 15) is 9.59 Å². The Kier molecular flexibility index (Phi) is 3.08. The molecule has 0 aromatic carbocycles. The molecule has 0 spiro atoms. The van der Waals surface area contributed by atoms with Gasteiger partial charge in [-0.25, -0.2) is 0 Å². The van der Waals surface area contributed by atoms with Gasteiger partial charge in [-0.15, -0.1) is 0 Å². The maximum atomic E-state index is 12.0. The number of fused-ring (bicyclic) bond motifs is 1. The van der Waals surface area contributed by atoms with Gasteiger partial charge in [-0.05, 0) is 12.1 Å². The van der Waals surface area contributed by atoms with Crippen LogP contribution >= 0.6 is 0 Å². The number of nitrogens with two attached hydrogens (primary N) is 1. The highest BCUT2D eigenvalue weighted by molar-refractivity contribution is 5.93. The van der Waals surface area contributed by atoms with Crippen molar-refractivity contribution < 1.29 is 4.79 Å². The molecule has 0 saturated carbocycles. The summed E-state index contributed by atoms with van der Waals surface area (Å²) in [4.78, 5) is 27.2. The van der Waals surface area contributed by atoms with Crippen molar-refractivity contribution in [3.63, 3.8) is 0 Å². The van der Waals surface area contributed by atoms with Gasteiger partial charge in [0.1, 0.15) is 18.1 Å². The molecule has 17 heavy (non-hydrogen) atoms. The molecule has 0 bridgehead atoms. The number of nitrogens with zero attached hydrogens (tertiary/aromatic N) is 2. The summed E-state index contributed by atoms with van der Waals surface area (Å²) in [5.74, 6) is -0.222. The molecule has 1 aromatic rings. The average Bonchev–Trinajstić information content (AvgIpc) is 2.33. The summed E-state index contributed by atoms with van der Waals surface area (Å²) in [5.41, 5.74) is 5.67. The molecule has 2 heterocycles. The Morgan fingerprint density at radius 2 is 2.35 bits per heavy atom. The van der Waals surface area contributed by atoms with Gasteiger partial charge in [0.15, 0.2) is 0 Å². The lowest BCUT2D eigenvalue weighted by atomic mass is 10.2. The Bertz CT molecular complexity index is 520. The van der Waals surface area contributed by atoms with Gasteiger partial charge >= 0.3 is 0 Å². The number of aliphatic imine (C=N–C) groups is 1. The lowest BCUT2D eigenvalue weighted by Crippen LogP contribution is -2.41. The minimum atomic E-state index is -0.222. The molecule has 0 radical (unpaired) electrons. The number of pyridine rings is 1. The number of carbonyl (C=O) groups excluding carboxylic acids is 1. The fourth-order valence-electron chi connectivity index (χ4n) is 1.69. The minimum Gasteiger partial charge on any atom is -0.390 e. The van der Waals surface area contributed by atoms with Crippen molar-refractivity contribution in [1.29, 1.82) is 0 Å². The zero-order valence-corrected chi connectivity index (χ0v) is 9.14. The minimum absolute atomic E-state index is 0.218. The molecule has 7 heteroatoms. The fraction of sp³-hybridized carbons (Fsp3) is 0.300. The molecule has 0 saturated heterocycles. The van der Waals surface area contributed by atoms with Gasteiger partial charge in [-0.3, -0.25) is 14.6 Å². The molecule has 1 amide bonds. The molecule has 0 fully saturated rings. The van der Waals surface area contributed by atoms with Crippen LogP contribution in [0, 0.1) is 0 Å². The SMILES string of the molecule is N/C=N\CNc1ccc2n(c1=O)CCNC2=O. The second-order valence-electron chi connectivity index (χ2n) is 3.51. The average molecular weight is 235 g/mol. The predicted octanol–water partition coefficient (Wildman–Crippen LogP) is -1.05. The third-order valence-corrected chi connectivity index (χ3v) is 2.49. The summed E-state index contributed by atoms with van der Waals surface area (Å²) in [6.07, 6.45) is 1.16. The summed E-state index contributed by atoms with van der Waals surface area (Å²) >= 11 is 0. The van der Waals surface area contributed by atoms with Crippen LogP contribution in [0.4, 0.5) is 5.69 Å². The van der Waals surface area contributed by atoms with E-state index < -0.39 is 0 Å². The highest BCUT2D eigenvalue weighted by Gasteiger charge is 2.18. The summed E-state index contributed by atoms with van der Waals surface area (Å²) in [5, 5.41) is 5.51. The zero-order chi connectivity index (χ0) is 12.3. The van der Waals surface area contributed by atoms with Crippen LogP contribution in [0.5, 0.6) is 0 Å². The molecule has 0 aliphatic carbocycles. The number of nitrogens with one attached hydrogen (secondary N) is 2. The Labute approximate surface area is 97.3 Å². The third-order valence-electron chi connectivity index (χ3n) is 2.49. The number of carbonyl (C=O) groups is 1. The summed E-state index contributed by atoms with van der Waals surface area (Å²) in [6, 6.07) is 3.19. The fourth-order valence-corrected chi connectivity index (χ4v) is 1.69. The number of amides is 1. The number of aromatic nitrogens is 1. The summed E-state index contributed by atoms with van der Waals surface area (Å²) in [7, 11) is 0. The molecule has 0 unspecified atom stereocenters.